The van der Waals surface area contributed by atoms with Gasteiger partial charge in [0, 0.05) is 41.9 Å². The third-order valence-electron chi connectivity index (χ3n) is 7.60. The molecule has 1 N–H and O–H groups in total. The Bertz CT molecular complexity index is 1410. The van der Waals surface area contributed by atoms with Crippen molar-refractivity contribution in [2.24, 2.45) is 0 Å². The minimum Gasteiger partial charge on any atom is -0.493 e. The number of aromatic nitrogens is 1. The zero-order valence-corrected chi connectivity index (χ0v) is 23.3. The fraction of sp³-hybridized carbons (Fsp3) is 0.375. The van der Waals surface area contributed by atoms with Crippen LogP contribution in [0, 0.1) is 11.5 Å². The van der Waals surface area contributed by atoms with Crippen LogP contribution in [0.5, 0.6) is 5.75 Å². The highest BCUT2D eigenvalue weighted by atomic mass is 16.5. The molecule has 3 aromatic rings. The molecule has 1 aromatic heterocycles. The van der Waals surface area contributed by atoms with Crippen LogP contribution in [0.15, 0.2) is 67.0 Å². The molecule has 2 atom stereocenters. The fourth-order valence-electron chi connectivity index (χ4n) is 5.41. The molecule has 0 aliphatic carbocycles. The average Bonchev–Trinajstić information content (AvgIpc) is 3.45. The van der Waals surface area contributed by atoms with Crippen LogP contribution in [0.1, 0.15) is 62.8 Å². The molecule has 40 heavy (non-hydrogen) atoms. The molecule has 0 radical (unpaired) electrons. The molecule has 8 heteroatoms. The Labute approximate surface area is 235 Å². The summed E-state index contributed by atoms with van der Waals surface area (Å²) < 4.78 is 5.81. The zero-order valence-electron chi connectivity index (χ0n) is 23.3. The Morgan fingerprint density at radius 3 is 2.65 bits per heavy atom. The molecule has 2 amide bonds. The summed E-state index contributed by atoms with van der Waals surface area (Å²) in [6.45, 7) is 7.54. The topological polar surface area (TPSA) is 98.6 Å². The summed E-state index contributed by atoms with van der Waals surface area (Å²) in [6, 6.07) is 15.3. The largest absolute Gasteiger partial charge is 0.493 e. The summed E-state index contributed by atoms with van der Waals surface area (Å²) in [5.41, 5.74) is 3.89. The number of benzene rings is 2. The number of pyridine rings is 1. The third-order valence-corrected chi connectivity index (χ3v) is 7.60. The molecule has 1 saturated heterocycles. The summed E-state index contributed by atoms with van der Waals surface area (Å²) in [5.74, 6) is 0.0992. The van der Waals surface area contributed by atoms with E-state index in [1.807, 2.05) is 42.5 Å². The number of anilines is 2. The van der Waals surface area contributed by atoms with Gasteiger partial charge >= 0.3 is 0 Å². The number of likely N-dealkylation sites (tertiary alicyclic amines) is 1. The number of hydrogen-bond donors (Lipinski definition) is 1. The van der Waals surface area contributed by atoms with Gasteiger partial charge < -0.3 is 10.1 Å². The fourth-order valence-corrected chi connectivity index (χ4v) is 5.41. The van der Waals surface area contributed by atoms with Crippen LogP contribution in [0.25, 0.3) is 0 Å². The van der Waals surface area contributed by atoms with E-state index in [2.05, 4.69) is 37.3 Å². The van der Waals surface area contributed by atoms with Crippen molar-refractivity contribution in [2.75, 3.05) is 23.4 Å². The second-order valence-corrected chi connectivity index (χ2v) is 11.4. The number of rotatable bonds is 6. The average molecular weight is 538 g/mol. The van der Waals surface area contributed by atoms with E-state index in [1.54, 1.807) is 24.5 Å². The Morgan fingerprint density at radius 2 is 1.95 bits per heavy atom. The number of nitrogens with zero attached hydrogens (tertiary/aromatic N) is 4. The van der Waals surface area contributed by atoms with Crippen molar-refractivity contribution >= 4 is 23.2 Å². The Balaban J connectivity index is 1.57. The molecule has 0 saturated carbocycles. The van der Waals surface area contributed by atoms with Crippen LogP contribution in [0.2, 0.25) is 0 Å². The van der Waals surface area contributed by atoms with E-state index in [0.717, 1.165) is 36.1 Å². The van der Waals surface area contributed by atoms with Crippen LogP contribution in [0.4, 0.5) is 11.4 Å². The quantitative estimate of drug-likeness (QED) is 0.425. The van der Waals surface area contributed by atoms with Gasteiger partial charge in [-0.15, -0.1) is 0 Å². The third kappa shape index (κ3) is 5.64. The van der Waals surface area contributed by atoms with Crippen molar-refractivity contribution in [3.63, 3.8) is 0 Å². The highest BCUT2D eigenvalue weighted by Crippen LogP contribution is 2.34. The molecule has 0 spiro atoms. The van der Waals surface area contributed by atoms with Crippen molar-refractivity contribution in [3.8, 4) is 11.9 Å². The Kier molecular flexibility index (Phi) is 7.74. The second kappa shape index (κ2) is 11.4. The molecule has 2 aliphatic rings. The van der Waals surface area contributed by atoms with Gasteiger partial charge in [0.1, 0.15) is 17.8 Å². The van der Waals surface area contributed by atoms with Crippen molar-refractivity contribution in [1.29, 1.82) is 5.26 Å². The molecule has 8 nitrogen and oxygen atoms in total. The van der Waals surface area contributed by atoms with E-state index in [1.165, 1.54) is 9.80 Å². The van der Waals surface area contributed by atoms with Crippen molar-refractivity contribution < 1.29 is 14.3 Å². The van der Waals surface area contributed by atoms with Crippen molar-refractivity contribution in [2.45, 2.75) is 64.0 Å². The lowest BCUT2D eigenvalue weighted by Gasteiger charge is -2.34. The van der Waals surface area contributed by atoms with Gasteiger partial charge in [-0.05, 0) is 66.5 Å². The Morgan fingerprint density at radius 1 is 1.15 bits per heavy atom. The molecule has 3 heterocycles. The minimum atomic E-state index is -1.01. The lowest BCUT2D eigenvalue weighted by atomic mass is 9.87. The molecular formula is C32H35N5O3. The van der Waals surface area contributed by atoms with Crippen LogP contribution >= 0.6 is 0 Å². The van der Waals surface area contributed by atoms with Gasteiger partial charge in [-0.1, -0.05) is 45.0 Å². The van der Waals surface area contributed by atoms with E-state index in [4.69, 9.17) is 4.74 Å². The van der Waals surface area contributed by atoms with Crippen LogP contribution in [-0.4, -0.2) is 40.9 Å². The van der Waals surface area contributed by atoms with Gasteiger partial charge in [0.2, 0.25) is 0 Å². The van der Waals surface area contributed by atoms with E-state index in [9.17, 15) is 14.9 Å². The van der Waals surface area contributed by atoms with Gasteiger partial charge in [0.05, 0.1) is 6.61 Å². The van der Waals surface area contributed by atoms with Gasteiger partial charge in [0.15, 0.2) is 6.19 Å². The minimum absolute atomic E-state index is 0.0783. The number of hydrogen-bond acceptors (Lipinski definition) is 6. The van der Waals surface area contributed by atoms with Gasteiger partial charge in [-0.3, -0.25) is 24.4 Å². The number of nitrogens with one attached hydrogen (secondary N) is 1. The van der Waals surface area contributed by atoms with Crippen LogP contribution in [-0.2, 0) is 21.4 Å². The van der Waals surface area contributed by atoms with Gasteiger partial charge in [-0.2, -0.15) is 5.26 Å². The van der Waals surface area contributed by atoms with E-state index in [-0.39, 0.29) is 17.2 Å². The lowest BCUT2D eigenvalue weighted by molar-refractivity contribution is -0.126. The van der Waals surface area contributed by atoms with E-state index < -0.39 is 12.1 Å². The molecule has 1 fully saturated rings. The first-order valence-electron chi connectivity index (χ1n) is 13.8. The SMILES string of the molecule is CC(C)(C)c1ccc(N(C(=O)C2CCCN2C#N)C(C(=O)Nc2ccc3c(c2)OCCC3)c2cccnc2)cc1. The number of carbonyl (C=O) groups excluding carboxylic acids is 2. The highest BCUT2D eigenvalue weighted by molar-refractivity contribution is 6.07. The zero-order chi connectivity index (χ0) is 28.3. The number of nitriles is 1. The van der Waals surface area contributed by atoms with Crippen LogP contribution in [0.3, 0.4) is 0 Å². The first-order valence-corrected chi connectivity index (χ1v) is 13.8. The maximum absolute atomic E-state index is 14.3. The number of aryl methyl sites for hydroxylation is 1. The predicted molar refractivity (Wildman–Crippen MR) is 154 cm³/mol. The summed E-state index contributed by atoms with van der Waals surface area (Å²) >= 11 is 0. The van der Waals surface area contributed by atoms with E-state index in [0.29, 0.717) is 36.5 Å². The standard InChI is InChI=1S/C32H35N5O3/c1-32(2,3)24-11-14-26(15-12-24)37(31(39)27-9-5-17-36(27)21-33)29(23-7-4-16-34-20-23)30(38)35-25-13-10-22-8-6-18-40-28(22)19-25/h4,7,10-16,19-20,27,29H,5-6,8-9,17-18H2,1-3H3,(H,35,38). The predicted octanol–water partition coefficient (Wildman–Crippen LogP) is 5.36. The Hall–Kier alpha value is -4.38. The maximum atomic E-state index is 14.3. The number of amides is 2. The summed E-state index contributed by atoms with van der Waals surface area (Å²) in [6.07, 6.45) is 8.60. The maximum Gasteiger partial charge on any atom is 0.252 e. The lowest BCUT2D eigenvalue weighted by Crippen LogP contribution is -2.49. The summed E-state index contributed by atoms with van der Waals surface area (Å²) in [7, 11) is 0. The smallest absolute Gasteiger partial charge is 0.252 e. The monoisotopic (exact) mass is 537 g/mol. The molecule has 206 valence electrons. The van der Waals surface area contributed by atoms with Crippen LogP contribution < -0.4 is 15.0 Å². The summed E-state index contributed by atoms with van der Waals surface area (Å²) in [4.78, 5) is 35.7. The van der Waals surface area contributed by atoms with E-state index >= 15 is 0 Å². The normalized spacial score (nSPS) is 17.2. The first kappa shape index (κ1) is 27.2. The van der Waals surface area contributed by atoms with Gasteiger partial charge in [-0.25, -0.2) is 0 Å². The first-order chi connectivity index (χ1) is 19.3. The molecular weight excluding hydrogens is 502 g/mol. The van der Waals surface area contributed by atoms with Gasteiger partial charge in [0.25, 0.3) is 11.8 Å². The number of fused-ring (bicyclic) bond motifs is 1. The molecule has 2 aliphatic heterocycles. The van der Waals surface area contributed by atoms with Crippen molar-refractivity contribution in [1.82, 2.24) is 9.88 Å². The molecule has 5 rings (SSSR count). The number of carbonyl (C=O) groups is 2. The molecule has 2 aromatic carbocycles. The number of ether oxygens (including phenoxy) is 1. The second-order valence-electron chi connectivity index (χ2n) is 11.4. The summed E-state index contributed by atoms with van der Waals surface area (Å²) in [5, 5.41) is 12.8. The highest BCUT2D eigenvalue weighted by Gasteiger charge is 2.40. The molecule has 0 bridgehead atoms. The molecule has 2 unspecified atom stereocenters. The van der Waals surface area contributed by atoms with Crippen molar-refractivity contribution in [3.05, 3.63) is 83.7 Å².